The second kappa shape index (κ2) is 5.66. The summed E-state index contributed by atoms with van der Waals surface area (Å²) in [6.45, 7) is 5.15. The SMILES string of the molecule is CC(C)c1ccc(Cn2c(=S)[nH]c3ccc(Cl)cc32)cc1. The molecule has 0 atom stereocenters. The summed E-state index contributed by atoms with van der Waals surface area (Å²) in [5, 5.41) is 0.723. The van der Waals surface area contributed by atoms with Gasteiger partial charge in [0.15, 0.2) is 4.77 Å². The zero-order chi connectivity index (χ0) is 15.0. The van der Waals surface area contributed by atoms with Gasteiger partial charge in [-0.25, -0.2) is 0 Å². The van der Waals surface area contributed by atoms with E-state index >= 15 is 0 Å². The van der Waals surface area contributed by atoms with Gasteiger partial charge in [0.2, 0.25) is 0 Å². The maximum absolute atomic E-state index is 6.10. The lowest BCUT2D eigenvalue weighted by atomic mass is 10.0. The molecule has 0 saturated carbocycles. The lowest BCUT2D eigenvalue weighted by molar-refractivity contribution is 0.806. The van der Waals surface area contributed by atoms with Crippen molar-refractivity contribution in [1.82, 2.24) is 9.55 Å². The third-order valence-corrected chi connectivity index (χ3v) is 4.28. The number of hydrogen-bond acceptors (Lipinski definition) is 1. The summed E-state index contributed by atoms with van der Waals surface area (Å²) < 4.78 is 2.81. The van der Waals surface area contributed by atoms with Crippen LogP contribution in [0.2, 0.25) is 5.02 Å². The normalized spacial score (nSPS) is 11.4. The zero-order valence-corrected chi connectivity index (χ0v) is 13.6. The second-order valence-electron chi connectivity index (χ2n) is 5.57. The summed E-state index contributed by atoms with van der Waals surface area (Å²) in [5.41, 5.74) is 4.64. The van der Waals surface area contributed by atoms with Crippen LogP contribution in [0.1, 0.15) is 30.9 Å². The standard InChI is InChI=1S/C17H17ClN2S/c1-11(2)13-5-3-12(4-6-13)10-20-16-9-14(18)7-8-15(16)19-17(20)21/h3-9,11H,10H2,1-2H3,(H,19,21). The average molecular weight is 317 g/mol. The number of aromatic nitrogens is 2. The molecule has 4 heteroatoms. The number of rotatable bonds is 3. The summed E-state index contributed by atoms with van der Waals surface area (Å²) in [6, 6.07) is 14.5. The number of imidazole rings is 1. The third-order valence-electron chi connectivity index (χ3n) is 3.72. The number of aromatic amines is 1. The Bertz CT molecular complexity index is 828. The molecule has 0 aliphatic carbocycles. The molecule has 0 saturated heterocycles. The molecule has 0 unspecified atom stereocenters. The summed E-state index contributed by atoms with van der Waals surface area (Å²) in [7, 11) is 0. The molecule has 2 nitrogen and oxygen atoms in total. The predicted molar refractivity (Wildman–Crippen MR) is 91.8 cm³/mol. The van der Waals surface area contributed by atoms with Gasteiger partial charge < -0.3 is 9.55 Å². The number of halogens is 1. The van der Waals surface area contributed by atoms with Crippen LogP contribution in [-0.4, -0.2) is 9.55 Å². The zero-order valence-electron chi connectivity index (χ0n) is 12.1. The van der Waals surface area contributed by atoms with E-state index in [0.29, 0.717) is 5.92 Å². The van der Waals surface area contributed by atoms with Crippen LogP contribution in [0, 0.1) is 4.77 Å². The smallest absolute Gasteiger partial charge is 0.178 e. The minimum Gasteiger partial charge on any atom is -0.331 e. The molecule has 1 N–H and O–H groups in total. The van der Waals surface area contributed by atoms with Crippen LogP contribution in [0.15, 0.2) is 42.5 Å². The first kappa shape index (κ1) is 14.4. The third kappa shape index (κ3) is 2.89. The van der Waals surface area contributed by atoms with Crippen molar-refractivity contribution in [3.8, 4) is 0 Å². The Balaban J connectivity index is 1.99. The first-order valence-corrected chi connectivity index (χ1v) is 7.80. The molecule has 0 bridgehead atoms. The summed E-state index contributed by atoms with van der Waals surface area (Å²) in [5.74, 6) is 0.549. The van der Waals surface area contributed by atoms with Gasteiger partial charge in [-0.15, -0.1) is 0 Å². The fourth-order valence-corrected chi connectivity index (χ4v) is 2.91. The molecule has 1 aromatic heterocycles. The number of H-pyrrole nitrogens is 1. The molecule has 1 heterocycles. The van der Waals surface area contributed by atoms with Crippen LogP contribution in [0.5, 0.6) is 0 Å². The Labute approximate surface area is 134 Å². The molecule has 0 amide bonds. The van der Waals surface area contributed by atoms with Gasteiger partial charge in [-0.1, -0.05) is 49.7 Å². The molecule has 0 spiro atoms. The number of fused-ring (bicyclic) bond motifs is 1. The van der Waals surface area contributed by atoms with Gasteiger partial charge in [0.05, 0.1) is 17.6 Å². The second-order valence-corrected chi connectivity index (χ2v) is 6.40. The highest BCUT2D eigenvalue weighted by molar-refractivity contribution is 7.71. The van der Waals surface area contributed by atoms with E-state index in [9.17, 15) is 0 Å². The highest BCUT2D eigenvalue weighted by atomic mass is 35.5. The predicted octanol–water partition coefficient (Wildman–Crippen LogP) is 5.52. The Hall–Kier alpha value is -1.58. The number of nitrogens with zero attached hydrogens (tertiary/aromatic N) is 1. The van der Waals surface area contributed by atoms with E-state index in [2.05, 4.69) is 47.7 Å². The first-order chi connectivity index (χ1) is 10.0. The van der Waals surface area contributed by atoms with Gasteiger partial charge in [-0.05, 0) is 47.5 Å². The van der Waals surface area contributed by atoms with Crippen LogP contribution in [0.25, 0.3) is 11.0 Å². The van der Waals surface area contributed by atoms with E-state index in [0.717, 1.165) is 27.4 Å². The molecule has 3 rings (SSSR count). The van der Waals surface area contributed by atoms with Crippen molar-refractivity contribution in [3.63, 3.8) is 0 Å². The fourth-order valence-electron chi connectivity index (χ4n) is 2.47. The molecule has 108 valence electrons. The molecular weight excluding hydrogens is 300 g/mol. The molecule has 0 aliphatic rings. The fraction of sp³-hybridized carbons (Fsp3) is 0.235. The molecular formula is C17H17ClN2S. The van der Waals surface area contributed by atoms with Crippen LogP contribution in [-0.2, 0) is 6.54 Å². The maximum Gasteiger partial charge on any atom is 0.178 e. The first-order valence-electron chi connectivity index (χ1n) is 7.01. The van der Waals surface area contributed by atoms with Crippen LogP contribution < -0.4 is 0 Å². The molecule has 0 fully saturated rings. The van der Waals surface area contributed by atoms with Gasteiger partial charge in [0.25, 0.3) is 0 Å². The van der Waals surface area contributed by atoms with Crippen molar-refractivity contribution in [2.24, 2.45) is 0 Å². The van der Waals surface area contributed by atoms with E-state index in [1.165, 1.54) is 11.1 Å². The van der Waals surface area contributed by atoms with Gasteiger partial charge >= 0.3 is 0 Å². The van der Waals surface area contributed by atoms with Gasteiger partial charge in [-0.2, -0.15) is 0 Å². The minimum absolute atomic E-state index is 0.549. The van der Waals surface area contributed by atoms with Crippen molar-refractivity contribution in [2.75, 3.05) is 0 Å². The van der Waals surface area contributed by atoms with E-state index in [4.69, 9.17) is 23.8 Å². The quantitative estimate of drug-likeness (QED) is 0.631. The number of benzene rings is 2. The Morgan fingerprint density at radius 3 is 2.52 bits per heavy atom. The summed E-state index contributed by atoms with van der Waals surface area (Å²) >= 11 is 11.5. The van der Waals surface area contributed by atoms with E-state index < -0.39 is 0 Å². The number of hydrogen-bond donors (Lipinski definition) is 1. The van der Waals surface area contributed by atoms with Gasteiger partial charge in [0, 0.05) is 5.02 Å². The average Bonchev–Trinajstić information content (AvgIpc) is 2.76. The van der Waals surface area contributed by atoms with Crippen molar-refractivity contribution in [3.05, 3.63) is 63.4 Å². The maximum atomic E-state index is 6.10. The Morgan fingerprint density at radius 2 is 1.86 bits per heavy atom. The van der Waals surface area contributed by atoms with Crippen molar-refractivity contribution >= 4 is 34.9 Å². The lowest BCUT2D eigenvalue weighted by Gasteiger charge is -2.08. The monoisotopic (exact) mass is 316 g/mol. The molecule has 0 aliphatic heterocycles. The van der Waals surface area contributed by atoms with Crippen LogP contribution in [0.4, 0.5) is 0 Å². The molecule has 0 radical (unpaired) electrons. The van der Waals surface area contributed by atoms with Crippen molar-refractivity contribution < 1.29 is 0 Å². The van der Waals surface area contributed by atoms with Gasteiger partial charge in [-0.3, -0.25) is 0 Å². The number of nitrogens with one attached hydrogen (secondary N) is 1. The van der Waals surface area contributed by atoms with E-state index in [1.807, 2.05) is 18.2 Å². The molecule has 3 aromatic rings. The van der Waals surface area contributed by atoms with E-state index in [1.54, 1.807) is 0 Å². The van der Waals surface area contributed by atoms with E-state index in [-0.39, 0.29) is 0 Å². The van der Waals surface area contributed by atoms with Crippen LogP contribution in [0.3, 0.4) is 0 Å². The van der Waals surface area contributed by atoms with Gasteiger partial charge in [0.1, 0.15) is 0 Å². The van der Waals surface area contributed by atoms with Crippen molar-refractivity contribution in [2.45, 2.75) is 26.3 Å². The lowest BCUT2D eigenvalue weighted by Crippen LogP contribution is -2.00. The summed E-state index contributed by atoms with van der Waals surface area (Å²) in [6.07, 6.45) is 0. The highest BCUT2D eigenvalue weighted by Gasteiger charge is 2.06. The minimum atomic E-state index is 0.549. The Morgan fingerprint density at radius 1 is 1.14 bits per heavy atom. The van der Waals surface area contributed by atoms with Crippen molar-refractivity contribution in [1.29, 1.82) is 0 Å². The molecule has 2 aromatic carbocycles. The highest BCUT2D eigenvalue weighted by Crippen LogP contribution is 2.21. The topological polar surface area (TPSA) is 20.7 Å². The summed E-state index contributed by atoms with van der Waals surface area (Å²) in [4.78, 5) is 3.22. The largest absolute Gasteiger partial charge is 0.331 e. The van der Waals surface area contributed by atoms with Crippen LogP contribution >= 0.6 is 23.8 Å². The Kier molecular flexibility index (Phi) is 3.87. The molecule has 21 heavy (non-hydrogen) atoms.